The minimum atomic E-state index is -0.275. The first kappa shape index (κ1) is 43.2. The lowest BCUT2D eigenvalue weighted by atomic mass is 9.94. The van der Waals surface area contributed by atoms with E-state index >= 15 is 0 Å². The maximum Gasteiger partial charge on any atom is 0.407 e. The second-order valence-corrected chi connectivity index (χ2v) is 13.4. The Kier molecular flexibility index (Phi) is 37.7. The summed E-state index contributed by atoms with van der Waals surface area (Å²) in [5.41, 5.74) is 0. The topological polar surface area (TPSA) is 56.8 Å². The number of rotatable bonds is 37. The third-order valence-corrected chi connectivity index (χ3v) is 9.05. The van der Waals surface area contributed by atoms with Crippen LogP contribution in [-0.4, -0.2) is 46.2 Å². The molecule has 0 atom stereocenters. The third-order valence-electron chi connectivity index (χ3n) is 9.05. The number of amides is 1. The van der Waals surface area contributed by atoms with Crippen LogP contribution in [-0.2, 0) is 14.2 Å². The molecule has 0 radical (unpaired) electrons. The van der Waals surface area contributed by atoms with E-state index in [1.165, 1.54) is 180 Å². The minimum absolute atomic E-state index is 0.275. The highest BCUT2D eigenvalue weighted by molar-refractivity contribution is 5.67. The van der Waals surface area contributed by atoms with Gasteiger partial charge in [-0.1, -0.05) is 181 Å². The van der Waals surface area contributed by atoms with E-state index in [1.54, 1.807) is 7.11 Å². The Bertz CT molecular complexity index is 514. The van der Waals surface area contributed by atoms with E-state index in [1.807, 2.05) is 0 Å². The molecule has 1 N–H and O–H groups in total. The van der Waals surface area contributed by atoms with Crippen molar-refractivity contribution in [2.45, 2.75) is 200 Å². The molecule has 5 heteroatoms. The fourth-order valence-corrected chi connectivity index (χ4v) is 6.07. The summed E-state index contributed by atoms with van der Waals surface area (Å²) >= 11 is 0. The van der Waals surface area contributed by atoms with Gasteiger partial charge in [-0.3, -0.25) is 0 Å². The number of methoxy groups -OCH3 is 1. The van der Waals surface area contributed by atoms with E-state index in [2.05, 4.69) is 19.2 Å². The lowest BCUT2D eigenvalue weighted by Gasteiger charge is -2.17. The summed E-state index contributed by atoms with van der Waals surface area (Å²) in [5.74, 6) is 0.499. The van der Waals surface area contributed by atoms with Crippen LogP contribution >= 0.6 is 0 Å². The van der Waals surface area contributed by atoms with E-state index in [0.29, 0.717) is 38.9 Å². The van der Waals surface area contributed by atoms with Crippen LogP contribution < -0.4 is 5.32 Å². The summed E-state index contributed by atoms with van der Waals surface area (Å²) in [6.45, 7) is 7.57. The fourth-order valence-electron chi connectivity index (χ4n) is 6.07. The van der Waals surface area contributed by atoms with Gasteiger partial charge in [-0.25, -0.2) is 4.79 Å². The van der Waals surface area contributed by atoms with Gasteiger partial charge in [-0.2, -0.15) is 0 Å². The Morgan fingerprint density at radius 1 is 0.500 bits per heavy atom. The van der Waals surface area contributed by atoms with Gasteiger partial charge in [0.25, 0.3) is 0 Å². The van der Waals surface area contributed by atoms with Gasteiger partial charge in [-0.05, 0) is 25.2 Å². The molecule has 5 nitrogen and oxygen atoms in total. The van der Waals surface area contributed by atoms with E-state index in [4.69, 9.17) is 14.2 Å². The molecular formula is C39H79NO4. The van der Waals surface area contributed by atoms with Crippen molar-refractivity contribution in [2.24, 2.45) is 5.92 Å². The molecule has 264 valence electrons. The number of alkyl carbamates (subject to hydrolysis) is 1. The number of ether oxygens (including phenoxy) is 3. The number of unbranched alkanes of at least 4 members (excludes halogenated alkanes) is 24. The van der Waals surface area contributed by atoms with Crippen LogP contribution in [0.4, 0.5) is 4.79 Å². The van der Waals surface area contributed by atoms with E-state index in [0.717, 1.165) is 6.42 Å². The second-order valence-electron chi connectivity index (χ2n) is 13.4. The number of carbonyl (C=O) groups is 1. The SMILES string of the molecule is CCCCCCCCCCCCCCCC(CCCCCCCCCCCCCCC)COC(=O)NCCCOCCOC. The van der Waals surface area contributed by atoms with E-state index in [9.17, 15) is 4.79 Å². The van der Waals surface area contributed by atoms with Gasteiger partial charge in [0.05, 0.1) is 19.8 Å². The van der Waals surface area contributed by atoms with Crippen molar-refractivity contribution < 1.29 is 19.0 Å². The maximum absolute atomic E-state index is 12.3. The molecule has 0 aliphatic rings. The average molecular weight is 626 g/mol. The third kappa shape index (κ3) is 35.7. The standard InChI is InChI=1S/C39H79NO4/c1-4-6-8-10-12-14-16-18-20-22-24-26-28-31-38(37-44-39(41)40-33-30-34-43-36-35-42-3)32-29-27-25-23-21-19-17-15-13-11-9-7-5-2/h38H,4-37H2,1-3H3,(H,40,41). The van der Waals surface area contributed by atoms with Gasteiger partial charge in [0.1, 0.15) is 0 Å². The molecule has 0 spiro atoms. The molecule has 0 rings (SSSR count). The molecule has 0 heterocycles. The average Bonchev–Trinajstić information content (AvgIpc) is 3.03. The van der Waals surface area contributed by atoms with Crippen molar-refractivity contribution in [1.29, 1.82) is 0 Å². The van der Waals surface area contributed by atoms with Crippen LogP contribution in [0.1, 0.15) is 200 Å². The van der Waals surface area contributed by atoms with Crippen molar-refractivity contribution in [2.75, 3.05) is 40.1 Å². The van der Waals surface area contributed by atoms with E-state index < -0.39 is 0 Å². The largest absolute Gasteiger partial charge is 0.449 e. The van der Waals surface area contributed by atoms with Crippen molar-refractivity contribution >= 4 is 6.09 Å². The van der Waals surface area contributed by atoms with Crippen molar-refractivity contribution in [1.82, 2.24) is 5.32 Å². The predicted octanol–water partition coefficient (Wildman–Crippen LogP) is 12.3. The Balaban J connectivity index is 4.02. The van der Waals surface area contributed by atoms with Crippen molar-refractivity contribution in [3.05, 3.63) is 0 Å². The molecule has 0 aromatic rings. The van der Waals surface area contributed by atoms with Gasteiger partial charge >= 0.3 is 6.09 Å². The van der Waals surface area contributed by atoms with Gasteiger partial charge in [0, 0.05) is 20.3 Å². The van der Waals surface area contributed by atoms with Crippen molar-refractivity contribution in [3.8, 4) is 0 Å². The number of hydrogen-bond donors (Lipinski definition) is 1. The smallest absolute Gasteiger partial charge is 0.407 e. The Morgan fingerprint density at radius 2 is 0.886 bits per heavy atom. The molecule has 0 aliphatic heterocycles. The summed E-state index contributed by atoms with van der Waals surface area (Å²) in [7, 11) is 1.67. The number of hydrogen-bond acceptors (Lipinski definition) is 4. The zero-order chi connectivity index (χ0) is 32.0. The van der Waals surface area contributed by atoms with E-state index in [-0.39, 0.29) is 6.09 Å². The van der Waals surface area contributed by atoms with Crippen LogP contribution in [0.2, 0.25) is 0 Å². The summed E-state index contributed by atoms with van der Waals surface area (Å²) in [5, 5.41) is 2.89. The Hall–Kier alpha value is -0.810. The van der Waals surface area contributed by atoms with Gasteiger partial charge in [0.15, 0.2) is 0 Å². The highest BCUT2D eigenvalue weighted by Gasteiger charge is 2.12. The molecule has 0 aliphatic carbocycles. The molecule has 0 bridgehead atoms. The highest BCUT2D eigenvalue weighted by Crippen LogP contribution is 2.21. The lowest BCUT2D eigenvalue weighted by Crippen LogP contribution is -2.28. The quantitative estimate of drug-likeness (QED) is 0.0698. The van der Waals surface area contributed by atoms with Gasteiger partial charge in [0.2, 0.25) is 0 Å². The minimum Gasteiger partial charge on any atom is -0.449 e. The molecule has 44 heavy (non-hydrogen) atoms. The Labute approximate surface area is 276 Å². The fraction of sp³-hybridized carbons (Fsp3) is 0.974. The summed E-state index contributed by atoms with van der Waals surface area (Å²) in [4.78, 5) is 12.3. The summed E-state index contributed by atoms with van der Waals surface area (Å²) in [6, 6.07) is 0. The van der Waals surface area contributed by atoms with Gasteiger partial charge in [-0.15, -0.1) is 0 Å². The molecule has 0 fully saturated rings. The first-order valence-electron chi connectivity index (χ1n) is 19.7. The Morgan fingerprint density at radius 3 is 1.27 bits per heavy atom. The number of carbonyl (C=O) groups excluding carboxylic acids is 1. The van der Waals surface area contributed by atoms with Crippen LogP contribution in [0.5, 0.6) is 0 Å². The zero-order valence-corrected chi connectivity index (χ0v) is 30.3. The van der Waals surface area contributed by atoms with Crippen LogP contribution in [0, 0.1) is 5.92 Å². The molecule has 0 unspecified atom stereocenters. The summed E-state index contributed by atoms with van der Waals surface area (Å²) < 4.78 is 16.1. The van der Waals surface area contributed by atoms with Crippen LogP contribution in [0.25, 0.3) is 0 Å². The predicted molar refractivity (Wildman–Crippen MR) is 191 cm³/mol. The summed E-state index contributed by atoms with van der Waals surface area (Å²) in [6.07, 6.45) is 39.0. The van der Waals surface area contributed by atoms with Crippen LogP contribution in [0.15, 0.2) is 0 Å². The zero-order valence-electron chi connectivity index (χ0n) is 30.3. The highest BCUT2D eigenvalue weighted by atomic mass is 16.5. The first-order valence-corrected chi connectivity index (χ1v) is 19.7. The number of nitrogens with one attached hydrogen (secondary N) is 1. The lowest BCUT2D eigenvalue weighted by molar-refractivity contribution is 0.0689. The normalized spacial score (nSPS) is 11.5. The molecule has 0 saturated heterocycles. The molecule has 0 aromatic carbocycles. The van der Waals surface area contributed by atoms with Crippen molar-refractivity contribution in [3.63, 3.8) is 0 Å². The monoisotopic (exact) mass is 626 g/mol. The first-order chi connectivity index (χ1) is 21.7. The second kappa shape index (κ2) is 38.4. The molecule has 1 amide bonds. The molecule has 0 aromatic heterocycles. The molecular weight excluding hydrogens is 546 g/mol. The van der Waals surface area contributed by atoms with Crippen LogP contribution in [0.3, 0.4) is 0 Å². The maximum atomic E-state index is 12.3. The van der Waals surface area contributed by atoms with Gasteiger partial charge < -0.3 is 19.5 Å². The molecule has 0 saturated carbocycles.